The van der Waals surface area contributed by atoms with Gasteiger partial charge in [0.2, 0.25) is 0 Å². The fourth-order valence-corrected chi connectivity index (χ4v) is 3.78. The summed E-state index contributed by atoms with van der Waals surface area (Å²) in [6.07, 6.45) is 3.67. The lowest BCUT2D eigenvalue weighted by atomic mass is 10.1. The largest absolute Gasteiger partial charge is 0.489 e. The van der Waals surface area contributed by atoms with Crippen LogP contribution in [0.25, 0.3) is 0 Å². The Kier molecular flexibility index (Phi) is 7.84. The number of ether oxygens (including phenoxy) is 2. The Bertz CT molecular complexity index is 1090. The maximum Gasteiger partial charge on any atom is 0.330 e. The van der Waals surface area contributed by atoms with Gasteiger partial charge < -0.3 is 20.1 Å². The van der Waals surface area contributed by atoms with Crippen molar-refractivity contribution in [3.05, 3.63) is 43.6 Å². The standard InChI is InChI=1S/C22H29ClN4O5/c1-3-5-8-26(17-19(24)27(9-6-4-2)22(30)25-20(17)28)21(29)14-12-15(23)18-16(13-14)31-10-7-11-32-18/h12-13H,3-11,24H2,1-2H3,(H,25,28,30). The number of anilines is 2. The van der Waals surface area contributed by atoms with E-state index >= 15 is 0 Å². The average molecular weight is 465 g/mol. The minimum atomic E-state index is -0.704. The maximum absolute atomic E-state index is 13.6. The summed E-state index contributed by atoms with van der Waals surface area (Å²) in [6.45, 7) is 5.46. The van der Waals surface area contributed by atoms with Crippen LogP contribution in [-0.2, 0) is 6.54 Å². The minimum absolute atomic E-state index is 0.0305. The van der Waals surface area contributed by atoms with Gasteiger partial charge >= 0.3 is 5.69 Å². The topological polar surface area (TPSA) is 120 Å². The van der Waals surface area contributed by atoms with E-state index in [1.165, 1.54) is 15.5 Å². The number of aromatic nitrogens is 2. The normalized spacial score (nSPS) is 13.0. The van der Waals surface area contributed by atoms with Crippen molar-refractivity contribution in [2.45, 2.75) is 52.5 Å². The molecule has 2 heterocycles. The molecule has 0 saturated heterocycles. The number of nitrogens with zero attached hydrogens (tertiary/aromatic N) is 2. The van der Waals surface area contributed by atoms with Crippen molar-refractivity contribution in [1.82, 2.24) is 9.55 Å². The highest BCUT2D eigenvalue weighted by Crippen LogP contribution is 2.38. The highest BCUT2D eigenvalue weighted by Gasteiger charge is 2.27. The van der Waals surface area contributed by atoms with E-state index in [2.05, 4.69) is 4.98 Å². The third kappa shape index (κ3) is 4.93. The zero-order chi connectivity index (χ0) is 23.3. The molecule has 10 heteroatoms. The summed E-state index contributed by atoms with van der Waals surface area (Å²) in [5, 5.41) is 0.248. The molecule has 0 atom stereocenters. The summed E-state index contributed by atoms with van der Waals surface area (Å²) in [5.74, 6) is 0.279. The number of benzene rings is 1. The molecule has 0 fully saturated rings. The molecule has 1 aliphatic heterocycles. The fourth-order valence-electron chi connectivity index (χ4n) is 3.52. The summed E-state index contributed by atoms with van der Waals surface area (Å²) in [7, 11) is 0. The van der Waals surface area contributed by atoms with Gasteiger partial charge in [-0.15, -0.1) is 0 Å². The van der Waals surface area contributed by atoms with Gasteiger partial charge in [-0.05, 0) is 25.0 Å². The third-order valence-electron chi connectivity index (χ3n) is 5.25. The van der Waals surface area contributed by atoms with Gasteiger partial charge in [-0.3, -0.25) is 19.1 Å². The predicted molar refractivity (Wildman–Crippen MR) is 124 cm³/mol. The van der Waals surface area contributed by atoms with Crippen molar-refractivity contribution in [1.29, 1.82) is 0 Å². The molecule has 174 valence electrons. The Morgan fingerprint density at radius 1 is 1.19 bits per heavy atom. The van der Waals surface area contributed by atoms with Gasteiger partial charge in [-0.1, -0.05) is 38.3 Å². The maximum atomic E-state index is 13.6. The molecule has 0 radical (unpaired) electrons. The van der Waals surface area contributed by atoms with E-state index in [4.69, 9.17) is 26.8 Å². The molecule has 0 spiro atoms. The number of nitrogens with two attached hydrogens (primary N) is 1. The van der Waals surface area contributed by atoms with Crippen LogP contribution >= 0.6 is 11.6 Å². The number of rotatable bonds is 8. The summed E-state index contributed by atoms with van der Waals surface area (Å²) in [6, 6.07) is 3.05. The van der Waals surface area contributed by atoms with E-state index in [1.807, 2.05) is 13.8 Å². The second-order valence-corrected chi connectivity index (χ2v) is 8.05. The number of fused-ring (bicyclic) bond motifs is 1. The molecule has 1 aliphatic rings. The van der Waals surface area contributed by atoms with Gasteiger partial charge in [0.1, 0.15) is 5.82 Å². The molecule has 1 amide bonds. The van der Waals surface area contributed by atoms with Crippen LogP contribution in [0.5, 0.6) is 11.5 Å². The first-order chi connectivity index (χ1) is 15.4. The molecule has 3 rings (SSSR count). The van der Waals surface area contributed by atoms with E-state index in [9.17, 15) is 14.4 Å². The van der Waals surface area contributed by atoms with Crippen LogP contribution in [0.1, 0.15) is 56.3 Å². The molecular weight excluding hydrogens is 436 g/mol. The first kappa shape index (κ1) is 23.7. The lowest BCUT2D eigenvalue weighted by Gasteiger charge is -2.25. The van der Waals surface area contributed by atoms with Crippen LogP contribution in [0.2, 0.25) is 5.02 Å². The monoisotopic (exact) mass is 464 g/mol. The highest BCUT2D eigenvalue weighted by molar-refractivity contribution is 6.33. The zero-order valence-corrected chi connectivity index (χ0v) is 19.2. The van der Waals surface area contributed by atoms with Crippen molar-refractivity contribution in [2.24, 2.45) is 0 Å². The fraction of sp³-hybridized carbons (Fsp3) is 0.500. The number of hydrogen-bond acceptors (Lipinski definition) is 6. The lowest BCUT2D eigenvalue weighted by Crippen LogP contribution is -2.41. The molecule has 0 unspecified atom stereocenters. The number of amides is 1. The molecule has 0 bridgehead atoms. The number of nitrogen functional groups attached to an aromatic ring is 1. The summed E-state index contributed by atoms with van der Waals surface area (Å²) in [4.78, 5) is 42.2. The van der Waals surface area contributed by atoms with Gasteiger partial charge in [-0.25, -0.2) is 4.79 Å². The van der Waals surface area contributed by atoms with Gasteiger partial charge in [-0.2, -0.15) is 0 Å². The molecular formula is C22H29ClN4O5. The average Bonchev–Trinajstić information content (AvgIpc) is 3.01. The van der Waals surface area contributed by atoms with Crippen molar-refractivity contribution >= 4 is 29.0 Å². The number of aromatic amines is 1. The van der Waals surface area contributed by atoms with Crippen molar-refractivity contribution in [3.8, 4) is 11.5 Å². The Morgan fingerprint density at radius 2 is 1.91 bits per heavy atom. The molecule has 0 saturated carbocycles. The Labute approximate surface area is 191 Å². The first-order valence-electron chi connectivity index (χ1n) is 10.9. The molecule has 3 N–H and O–H groups in total. The van der Waals surface area contributed by atoms with Crippen LogP contribution in [-0.4, -0.2) is 35.2 Å². The third-order valence-corrected chi connectivity index (χ3v) is 5.53. The molecule has 1 aromatic carbocycles. The zero-order valence-electron chi connectivity index (χ0n) is 18.4. The molecule has 9 nitrogen and oxygen atoms in total. The molecule has 0 aliphatic carbocycles. The van der Waals surface area contributed by atoms with Crippen LogP contribution in [0.15, 0.2) is 21.7 Å². The number of halogens is 1. The minimum Gasteiger partial charge on any atom is -0.489 e. The molecule has 2 aromatic rings. The van der Waals surface area contributed by atoms with Crippen molar-refractivity contribution in [3.63, 3.8) is 0 Å². The van der Waals surface area contributed by atoms with Gasteiger partial charge in [0.05, 0.1) is 18.2 Å². The first-order valence-corrected chi connectivity index (χ1v) is 11.3. The van der Waals surface area contributed by atoms with E-state index in [1.54, 1.807) is 6.07 Å². The van der Waals surface area contributed by atoms with Crippen LogP contribution in [0, 0.1) is 0 Å². The summed E-state index contributed by atoms with van der Waals surface area (Å²) >= 11 is 6.37. The summed E-state index contributed by atoms with van der Waals surface area (Å²) < 4.78 is 12.6. The van der Waals surface area contributed by atoms with Crippen molar-refractivity contribution in [2.75, 3.05) is 30.4 Å². The predicted octanol–water partition coefficient (Wildman–Crippen LogP) is 3.18. The Hall–Kier alpha value is -2.94. The molecule has 1 aromatic heterocycles. The van der Waals surface area contributed by atoms with Gasteiger partial charge in [0.15, 0.2) is 17.2 Å². The lowest BCUT2D eigenvalue weighted by molar-refractivity contribution is 0.0985. The Balaban J connectivity index is 2.09. The van der Waals surface area contributed by atoms with Gasteiger partial charge in [0, 0.05) is 25.1 Å². The van der Waals surface area contributed by atoms with E-state index in [-0.39, 0.29) is 28.6 Å². The SMILES string of the molecule is CCCCN(C(=O)c1cc(Cl)c2c(c1)OCCCO2)c1c(N)n(CCCC)c(=O)[nH]c1=O. The van der Waals surface area contributed by atoms with Crippen LogP contribution in [0.3, 0.4) is 0 Å². The van der Waals surface area contributed by atoms with Crippen LogP contribution in [0.4, 0.5) is 11.5 Å². The number of nitrogens with one attached hydrogen (secondary N) is 1. The second kappa shape index (κ2) is 10.6. The van der Waals surface area contributed by atoms with Gasteiger partial charge in [0.25, 0.3) is 11.5 Å². The smallest absolute Gasteiger partial charge is 0.330 e. The molecule has 32 heavy (non-hydrogen) atoms. The summed E-state index contributed by atoms with van der Waals surface area (Å²) in [5.41, 5.74) is 5.16. The van der Waals surface area contributed by atoms with Crippen molar-refractivity contribution < 1.29 is 14.3 Å². The second-order valence-electron chi connectivity index (χ2n) is 7.64. The number of carbonyl (C=O) groups is 1. The Morgan fingerprint density at radius 3 is 2.62 bits per heavy atom. The van der Waals surface area contributed by atoms with E-state index in [0.29, 0.717) is 50.5 Å². The number of unbranched alkanes of at least 4 members (excludes halogenated alkanes) is 2. The number of H-pyrrole nitrogens is 1. The van der Waals surface area contributed by atoms with E-state index in [0.717, 1.165) is 12.8 Å². The number of carbonyl (C=O) groups excluding carboxylic acids is 1. The van der Waals surface area contributed by atoms with Crippen LogP contribution < -0.4 is 31.4 Å². The quantitative estimate of drug-likeness (QED) is 0.619. The number of hydrogen-bond donors (Lipinski definition) is 2. The van der Waals surface area contributed by atoms with E-state index < -0.39 is 17.2 Å². The highest BCUT2D eigenvalue weighted by atomic mass is 35.5.